The number of amides is 1. The highest BCUT2D eigenvalue weighted by Gasteiger charge is 2.05. The zero-order chi connectivity index (χ0) is 15.7. The van der Waals surface area contributed by atoms with Crippen molar-refractivity contribution in [3.05, 3.63) is 35.4 Å². The molecule has 0 spiro atoms. The van der Waals surface area contributed by atoms with E-state index in [1.165, 1.54) is 0 Å². The van der Waals surface area contributed by atoms with Crippen LogP contribution in [0, 0.1) is 0 Å². The number of carbonyl (C=O) groups is 1. The van der Waals surface area contributed by atoms with Gasteiger partial charge in [-0.2, -0.15) is 0 Å². The van der Waals surface area contributed by atoms with Crippen LogP contribution in [-0.2, 0) is 6.54 Å². The highest BCUT2D eigenvalue weighted by molar-refractivity contribution is 5.94. The monoisotopic (exact) mass is 290 g/mol. The molecule has 0 aliphatic rings. The molecule has 0 atom stereocenters. The van der Waals surface area contributed by atoms with E-state index in [1.54, 1.807) is 0 Å². The minimum atomic E-state index is -0.0458. The maximum Gasteiger partial charge on any atom is 0.251 e. The van der Waals surface area contributed by atoms with Crippen LogP contribution in [0.5, 0.6) is 0 Å². The third kappa shape index (κ3) is 6.29. The first-order chi connectivity index (χ1) is 10.1. The van der Waals surface area contributed by atoms with Gasteiger partial charge in [0.2, 0.25) is 0 Å². The van der Waals surface area contributed by atoms with E-state index in [0.717, 1.165) is 18.1 Å². The molecular formula is C16H26N4O. The summed E-state index contributed by atoms with van der Waals surface area (Å²) in [7, 11) is 0. The summed E-state index contributed by atoms with van der Waals surface area (Å²) in [6, 6.07) is 7.89. The highest BCUT2D eigenvalue weighted by atomic mass is 16.1. The van der Waals surface area contributed by atoms with Crippen molar-refractivity contribution in [3.8, 4) is 0 Å². The number of hydrogen-bond donors (Lipinski definition) is 3. The molecule has 0 aliphatic carbocycles. The average molecular weight is 290 g/mol. The third-order valence-corrected chi connectivity index (χ3v) is 2.72. The zero-order valence-corrected chi connectivity index (χ0v) is 13.4. The molecule has 0 bridgehead atoms. The molecule has 1 aromatic carbocycles. The van der Waals surface area contributed by atoms with Gasteiger partial charge in [-0.1, -0.05) is 12.1 Å². The fourth-order valence-electron chi connectivity index (χ4n) is 1.84. The lowest BCUT2D eigenvalue weighted by atomic mass is 10.1. The fourth-order valence-corrected chi connectivity index (χ4v) is 1.84. The Morgan fingerprint density at radius 1 is 1.19 bits per heavy atom. The van der Waals surface area contributed by atoms with Gasteiger partial charge in [0.25, 0.3) is 5.91 Å². The van der Waals surface area contributed by atoms with Crippen LogP contribution in [0.15, 0.2) is 29.3 Å². The van der Waals surface area contributed by atoms with Crippen LogP contribution in [0.4, 0.5) is 0 Å². The van der Waals surface area contributed by atoms with Crippen LogP contribution < -0.4 is 16.0 Å². The van der Waals surface area contributed by atoms with Gasteiger partial charge < -0.3 is 16.0 Å². The first kappa shape index (κ1) is 17.0. The molecule has 3 N–H and O–H groups in total. The quantitative estimate of drug-likeness (QED) is 0.554. The molecular weight excluding hydrogens is 264 g/mol. The first-order valence-electron chi connectivity index (χ1n) is 7.48. The Morgan fingerprint density at radius 3 is 2.52 bits per heavy atom. The number of rotatable bonds is 6. The van der Waals surface area contributed by atoms with Crippen LogP contribution in [0.25, 0.3) is 0 Å². The van der Waals surface area contributed by atoms with E-state index < -0.39 is 0 Å². The standard InChI is InChI=1S/C16H26N4O/c1-5-17-15(21)14-9-7-8-13(10-14)11-19-16(18-6-2)20-12(3)4/h7-10,12H,5-6,11H2,1-4H3,(H,17,21)(H2,18,19,20). The van der Waals surface area contributed by atoms with Crippen LogP contribution in [0.2, 0.25) is 0 Å². The van der Waals surface area contributed by atoms with Crippen molar-refractivity contribution >= 4 is 11.9 Å². The molecule has 0 aromatic heterocycles. The van der Waals surface area contributed by atoms with Crippen LogP contribution in [-0.4, -0.2) is 31.0 Å². The molecule has 5 heteroatoms. The molecule has 1 rings (SSSR count). The van der Waals surface area contributed by atoms with E-state index in [2.05, 4.69) is 34.8 Å². The second-order valence-corrected chi connectivity index (χ2v) is 5.05. The van der Waals surface area contributed by atoms with Crippen LogP contribution in [0.3, 0.4) is 0 Å². The Balaban J connectivity index is 2.77. The Kier molecular flexibility index (Phi) is 7.29. The van der Waals surface area contributed by atoms with Gasteiger partial charge in [0.05, 0.1) is 6.54 Å². The maximum atomic E-state index is 11.8. The fraction of sp³-hybridized carbons (Fsp3) is 0.500. The predicted octanol–water partition coefficient (Wildman–Crippen LogP) is 1.90. The number of aliphatic imine (C=N–C) groups is 1. The summed E-state index contributed by atoms with van der Waals surface area (Å²) in [5.41, 5.74) is 1.69. The number of hydrogen-bond acceptors (Lipinski definition) is 2. The lowest BCUT2D eigenvalue weighted by molar-refractivity contribution is 0.0955. The van der Waals surface area contributed by atoms with Crippen molar-refractivity contribution in [3.63, 3.8) is 0 Å². The molecule has 1 aromatic rings. The van der Waals surface area contributed by atoms with Gasteiger partial charge in [0.1, 0.15) is 0 Å². The van der Waals surface area contributed by atoms with Crippen LogP contribution in [0.1, 0.15) is 43.6 Å². The minimum absolute atomic E-state index is 0.0458. The third-order valence-electron chi connectivity index (χ3n) is 2.72. The van der Waals surface area contributed by atoms with Gasteiger partial charge in [0, 0.05) is 24.7 Å². The number of benzene rings is 1. The van der Waals surface area contributed by atoms with Crippen molar-refractivity contribution in [2.75, 3.05) is 13.1 Å². The van der Waals surface area contributed by atoms with Gasteiger partial charge in [-0.05, 0) is 45.4 Å². The Hall–Kier alpha value is -2.04. The van der Waals surface area contributed by atoms with E-state index in [9.17, 15) is 4.79 Å². The number of nitrogens with zero attached hydrogens (tertiary/aromatic N) is 1. The number of carbonyl (C=O) groups excluding carboxylic acids is 1. The van der Waals surface area contributed by atoms with Crippen LogP contribution >= 0.6 is 0 Å². The molecule has 116 valence electrons. The lowest BCUT2D eigenvalue weighted by Gasteiger charge is -2.14. The number of nitrogens with one attached hydrogen (secondary N) is 3. The summed E-state index contributed by atoms with van der Waals surface area (Å²) < 4.78 is 0. The van der Waals surface area contributed by atoms with Gasteiger partial charge in [-0.25, -0.2) is 4.99 Å². The Labute approximate surface area is 127 Å². The van der Waals surface area contributed by atoms with Gasteiger partial charge in [0.15, 0.2) is 5.96 Å². The first-order valence-corrected chi connectivity index (χ1v) is 7.48. The van der Waals surface area contributed by atoms with Crippen molar-refractivity contribution in [2.24, 2.45) is 4.99 Å². The molecule has 0 aliphatic heterocycles. The SMILES string of the molecule is CCNC(=O)c1cccc(CN=C(NCC)NC(C)C)c1. The highest BCUT2D eigenvalue weighted by Crippen LogP contribution is 2.06. The largest absolute Gasteiger partial charge is 0.357 e. The molecule has 0 saturated heterocycles. The smallest absolute Gasteiger partial charge is 0.251 e. The van der Waals surface area contributed by atoms with Gasteiger partial charge in [-0.15, -0.1) is 0 Å². The second-order valence-electron chi connectivity index (χ2n) is 5.05. The normalized spacial score (nSPS) is 11.4. The molecule has 0 unspecified atom stereocenters. The summed E-state index contributed by atoms with van der Waals surface area (Å²) in [4.78, 5) is 16.3. The molecule has 0 fully saturated rings. The predicted molar refractivity (Wildman–Crippen MR) is 87.5 cm³/mol. The van der Waals surface area contributed by atoms with E-state index in [-0.39, 0.29) is 5.91 Å². The lowest BCUT2D eigenvalue weighted by Crippen LogP contribution is -2.41. The minimum Gasteiger partial charge on any atom is -0.357 e. The van der Waals surface area contributed by atoms with Gasteiger partial charge in [-0.3, -0.25) is 4.79 Å². The number of guanidine groups is 1. The molecule has 0 radical (unpaired) electrons. The Bertz CT molecular complexity index is 483. The van der Waals surface area contributed by atoms with Crippen molar-refractivity contribution in [2.45, 2.75) is 40.3 Å². The van der Waals surface area contributed by atoms with E-state index in [4.69, 9.17) is 0 Å². The molecule has 5 nitrogen and oxygen atoms in total. The topological polar surface area (TPSA) is 65.5 Å². The summed E-state index contributed by atoms with van der Waals surface area (Å²) in [5.74, 6) is 0.742. The van der Waals surface area contributed by atoms with E-state index >= 15 is 0 Å². The van der Waals surface area contributed by atoms with E-state index in [0.29, 0.717) is 24.7 Å². The summed E-state index contributed by atoms with van der Waals surface area (Å²) in [6.45, 7) is 10.1. The molecule has 1 amide bonds. The van der Waals surface area contributed by atoms with Crippen molar-refractivity contribution in [1.29, 1.82) is 0 Å². The Morgan fingerprint density at radius 2 is 1.90 bits per heavy atom. The maximum absolute atomic E-state index is 11.8. The van der Waals surface area contributed by atoms with E-state index in [1.807, 2.05) is 38.1 Å². The summed E-state index contributed by atoms with van der Waals surface area (Å²) in [5, 5.41) is 9.27. The molecule has 21 heavy (non-hydrogen) atoms. The zero-order valence-electron chi connectivity index (χ0n) is 13.4. The summed E-state index contributed by atoms with van der Waals surface area (Å²) >= 11 is 0. The summed E-state index contributed by atoms with van der Waals surface area (Å²) in [6.07, 6.45) is 0. The molecule has 0 heterocycles. The van der Waals surface area contributed by atoms with Gasteiger partial charge >= 0.3 is 0 Å². The molecule has 0 saturated carbocycles. The average Bonchev–Trinajstić information content (AvgIpc) is 2.45. The van der Waals surface area contributed by atoms with Crippen molar-refractivity contribution < 1.29 is 4.79 Å². The van der Waals surface area contributed by atoms with Crippen molar-refractivity contribution in [1.82, 2.24) is 16.0 Å². The second kappa shape index (κ2) is 9.00.